The van der Waals surface area contributed by atoms with Gasteiger partial charge in [-0.1, -0.05) is 0 Å². The fraction of sp³-hybridized carbons (Fsp3) is 0.0769. The average Bonchev–Trinajstić information content (AvgIpc) is 2.39. The van der Waals surface area contributed by atoms with Gasteiger partial charge in [0.2, 0.25) is 0 Å². The van der Waals surface area contributed by atoms with Gasteiger partial charge in [0.25, 0.3) is 10.0 Å². The molecule has 0 spiro atoms. The number of rotatable bonds is 3. The summed E-state index contributed by atoms with van der Waals surface area (Å²) < 4.78 is 66.1. The van der Waals surface area contributed by atoms with Crippen LogP contribution >= 0.6 is 0 Å². The molecule has 0 aliphatic rings. The molecule has 0 unspecified atom stereocenters. The minimum Gasteiger partial charge on any atom is -0.394 e. The van der Waals surface area contributed by atoms with Crippen molar-refractivity contribution in [3.05, 3.63) is 53.3 Å². The molecule has 0 saturated carbocycles. The van der Waals surface area contributed by atoms with E-state index in [9.17, 15) is 21.6 Å². The van der Waals surface area contributed by atoms with Crippen LogP contribution in [0.4, 0.5) is 24.5 Å². The third-order valence-electron chi connectivity index (χ3n) is 2.79. The van der Waals surface area contributed by atoms with Crippen molar-refractivity contribution in [3.63, 3.8) is 0 Å². The molecule has 2 aromatic rings. The number of anilines is 2. The van der Waals surface area contributed by atoms with Gasteiger partial charge in [-0.05, 0) is 42.8 Å². The number of hydrogen-bond acceptors (Lipinski definition) is 3. The van der Waals surface area contributed by atoms with Gasteiger partial charge >= 0.3 is 0 Å². The molecule has 21 heavy (non-hydrogen) atoms. The zero-order valence-electron chi connectivity index (χ0n) is 10.8. The first kappa shape index (κ1) is 15.2. The molecule has 0 atom stereocenters. The largest absolute Gasteiger partial charge is 0.394 e. The van der Waals surface area contributed by atoms with Gasteiger partial charge < -0.3 is 5.73 Å². The van der Waals surface area contributed by atoms with Crippen molar-refractivity contribution in [1.29, 1.82) is 0 Å². The van der Waals surface area contributed by atoms with E-state index >= 15 is 0 Å². The Balaban J connectivity index is 2.43. The summed E-state index contributed by atoms with van der Waals surface area (Å²) in [5.74, 6) is -2.93. The number of benzene rings is 2. The molecule has 0 aliphatic heterocycles. The second kappa shape index (κ2) is 5.28. The zero-order valence-corrected chi connectivity index (χ0v) is 11.6. The van der Waals surface area contributed by atoms with Crippen LogP contribution in [0.3, 0.4) is 0 Å². The Bertz CT molecular complexity index is 807. The van der Waals surface area contributed by atoms with Crippen molar-refractivity contribution in [3.8, 4) is 0 Å². The molecular weight excluding hydrogens is 305 g/mol. The van der Waals surface area contributed by atoms with Gasteiger partial charge in [0.15, 0.2) is 5.82 Å². The van der Waals surface area contributed by atoms with Gasteiger partial charge in [-0.25, -0.2) is 21.6 Å². The minimum absolute atomic E-state index is 0.0520. The lowest BCUT2D eigenvalue weighted by Gasteiger charge is -2.11. The van der Waals surface area contributed by atoms with Gasteiger partial charge in [0.1, 0.15) is 22.2 Å². The standard InChI is InChI=1S/C13H11F3N2O2S/c1-7-6-8(2-3-9(7)14)18-21(19,20)11-5-4-10(15)13(17)12(11)16/h2-6,18H,17H2,1H3. The summed E-state index contributed by atoms with van der Waals surface area (Å²) in [4.78, 5) is -0.789. The molecule has 0 amide bonds. The molecule has 0 saturated heterocycles. The van der Waals surface area contributed by atoms with Crippen molar-refractivity contribution in [2.24, 2.45) is 0 Å². The highest BCUT2D eigenvalue weighted by Crippen LogP contribution is 2.25. The lowest BCUT2D eigenvalue weighted by molar-refractivity contribution is 0.557. The Morgan fingerprint density at radius 1 is 1.05 bits per heavy atom. The van der Waals surface area contributed by atoms with Crippen molar-refractivity contribution in [2.75, 3.05) is 10.5 Å². The Morgan fingerprint density at radius 3 is 2.29 bits per heavy atom. The Labute approximate surface area is 119 Å². The Kier molecular flexibility index (Phi) is 3.82. The highest BCUT2D eigenvalue weighted by Gasteiger charge is 2.22. The van der Waals surface area contributed by atoms with E-state index in [4.69, 9.17) is 5.73 Å². The maximum atomic E-state index is 13.8. The molecule has 2 aromatic carbocycles. The summed E-state index contributed by atoms with van der Waals surface area (Å²) in [7, 11) is -4.31. The SMILES string of the molecule is Cc1cc(NS(=O)(=O)c2ccc(F)c(N)c2F)ccc1F. The molecule has 2 rings (SSSR count). The molecule has 4 nitrogen and oxygen atoms in total. The van der Waals surface area contributed by atoms with Gasteiger partial charge in [-0.3, -0.25) is 4.72 Å². The molecule has 0 heterocycles. The fourth-order valence-corrected chi connectivity index (χ4v) is 2.82. The van der Waals surface area contributed by atoms with Crippen LogP contribution in [-0.4, -0.2) is 8.42 Å². The number of halogens is 3. The van der Waals surface area contributed by atoms with Crippen molar-refractivity contribution >= 4 is 21.4 Å². The monoisotopic (exact) mass is 316 g/mol. The summed E-state index contributed by atoms with van der Waals surface area (Å²) in [6, 6.07) is 5.02. The predicted octanol–water partition coefficient (Wildman–Crippen LogP) is 2.80. The summed E-state index contributed by atoms with van der Waals surface area (Å²) in [5, 5.41) is 0. The van der Waals surface area contributed by atoms with Gasteiger partial charge in [0.05, 0.1) is 0 Å². The molecule has 112 valence electrons. The Hall–Kier alpha value is -2.22. The van der Waals surface area contributed by atoms with E-state index in [1.165, 1.54) is 19.1 Å². The normalized spacial score (nSPS) is 11.4. The van der Waals surface area contributed by atoms with Crippen LogP contribution in [-0.2, 0) is 10.0 Å². The van der Waals surface area contributed by atoms with Crippen LogP contribution in [0.2, 0.25) is 0 Å². The molecule has 0 aromatic heterocycles. The topological polar surface area (TPSA) is 72.2 Å². The van der Waals surface area contributed by atoms with Crippen molar-refractivity contribution in [1.82, 2.24) is 0 Å². The van der Waals surface area contributed by atoms with E-state index < -0.39 is 38.1 Å². The first-order valence-corrected chi connectivity index (χ1v) is 7.23. The highest BCUT2D eigenvalue weighted by atomic mass is 32.2. The van der Waals surface area contributed by atoms with Crippen LogP contribution in [0.15, 0.2) is 35.2 Å². The fourth-order valence-electron chi connectivity index (χ4n) is 1.68. The summed E-state index contributed by atoms with van der Waals surface area (Å²) in [5.41, 5.74) is 4.51. The maximum Gasteiger partial charge on any atom is 0.264 e. The van der Waals surface area contributed by atoms with Crippen LogP contribution in [0, 0.1) is 24.4 Å². The minimum atomic E-state index is -4.31. The molecule has 3 N–H and O–H groups in total. The Morgan fingerprint density at radius 2 is 1.67 bits per heavy atom. The number of aryl methyl sites for hydroxylation is 1. The van der Waals surface area contributed by atoms with E-state index in [0.29, 0.717) is 0 Å². The molecule has 0 bridgehead atoms. The van der Waals surface area contributed by atoms with E-state index in [1.807, 2.05) is 0 Å². The average molecular weight is 316 g/mol. The van der Waals surface area contributed by atoms with Crippen molar-refractivity contribution in [2.45, 2.75) is 11.8 Å². The lowest BCUT2D eigenvalue weighted by Crippen LogP contribution is -2.16. The van der Waals surface area contributed by atoms with E-state index in [2.05, 4.69) is 4.72 Å². The van der Waals surface area contributed by atoms with Gasteiger partial charge in [-0.2, -0.15) is 0 Å². The number of sulfonamides is 1. The second-order valence-electron chi connectivity index (χ2n) is 4.34. The van der Waals surface area contributed by atoms with Crippen LogP contribution in [0.25, 0.3) is 0 Å². The molecule has 0 aliphatic carbocycles. The summed E-state index contributed by atoms with van der Waals surface area (Å²) in [6.07, 6.45) is 0. The lowest BCUT2D eigenvalue weighted by atomic mass is 10.2. The number of nitrogens with two attached hydrogens (primary N) is 1. The van der Waals surface area contributed by atoms with E-state index in [0.717, 1.165) is 18.2 Å². The number of nitrogens with one attached hydrogen (secondary N) is 1. The van der Waals surface area contributed by atoms with E-state index in [1.54, 1.807) is 0 Å². The van der Waals surface area contributed by atoms with Crippen LogP contribution in [0.1, 0.15) is 5.56 Å². The molecule has 8 heteroatoms. The molecule has 0 radical (unpaired) electrons. The quantitative estimate of drug-likeness (QED) is 0.855. The van der Waals surface area contributed by atoms with Crippen molar-refractivity contribution < 1.29 is 21.6 Å². The van der Waals surface area contributed by atoms with Crippen LogP contribution in [0.5, 0.6) is 0 Å². The number of nitrogen functional groups attached to an aromatic ring is 1. The molecular formula is C13H11F3N2O2S. The zero-order chi connectivity index (χ0) is 15.8. The highest BCUT2D eigenvalue weighted by molar-refractivity contribution is 7.92. The summed E-state index contributed by atoms with van der Waals surface area (Å²) >= 11 is 0. The predicted molar refractivity (Wildman–Crippen MR) is 72.7 cm³/mol. The third kappa shape index (κ3) is 2.94. The van der Waals surface area contributed by atoms with E-state index in [-0.39, 0.29) is 11.3 Å². The number of hydrogen-bond donors (Lipinski definition) is 2. The second-order valence-corrected chi connectivity index (χ2v) is 5.99. The maximum absolute atomic E-state index is 13.8. The van der Waals surface area contributed by atoms with Gasteiger partial charge in [-0.15, -0.1) is 0 Å². The van der Waals surface area contributed by atoms with Gasteiger partial charge in [0, 0.05) is 5.69 Å². The summed E-state index contributed by atoms with van der Waals surface area (Å²) in [6.45, 7) is 1.45. The third-order valence-corrected chi connectivity index (χ3v) is 4.19. The first-order valence-electron chi connectivity index (χ1n) is 5.75. The van der Waals surface area contributed by atoms with Crippen LogP contribution < -0.4 is 10.5 Å². The molecule has 0 fully saturated rings. The first-order chi connectivity index (χ1) is 9.72. The smallest absolute Gasteiger partial charge is 0.264 e.